The van der Waals surface area contributed by atoms with Crippen LogP contribution in [0.1, 0.15) is 26.7 Å². The van der Waals surface area contributed by atoms with E-state index in [-0.39, 0.29) is 6.61 Å². The van der Waals surface area contributed by atoms with Crippen molar-refractivity contribution in [2.45, 2.75) is 38.9 Å². The first-order valence-electron chi connectivity index (χ1n) is 5.53. The van der Waals surface area contributed by atoms with E-state index in [0.29, 0.717) is 12.8 Å². The minimum atomic E-state index is -4.93. The molecule has 7 heteroatoms. The lowest BCUT2D eigenvalue weighted by Gasteiger charge is -2.15. The number of alkyl halides is 3. The van der Waals surface area contributed by atoms with Crippen LogP contribution < -0.4 is 5.32 Å². The molecule has 18 heavy (non-hydrogen) atoms. The van der Waals surface area contributed by atoms with Gasteiger partial charge in [-0.25, -0.2) is 4.79 Å². The summed E-state index contributed by atoms with van der Waals surface area (Å²) in [5, 5.41) is 1.80. The molecule has 1 N–H and O–H groups in total. The molecule has 0 fully saturated rings. The maximum atomic E-state index is 12.0. The van der Waals surface area contributed by atoms with Gasteiger partial charge >= 0.3 is 18.1 Å². The second kappa shape index (κ2) is 7.73. The van der Waals surface area contributed by atoms with Crippen molar-refractivity contribution in [2.24, 2.45) is 0 Å². The van der Waals surface area contributed by atoms with Gasteiger partial charge in [0.1, 0.15) is 0 Å². The van der Waals surface area contributed by atoms with E-state index in [4.69, 9.17) is 0 Å². The first kappa shape index (κ1) is 16.5. The first-order valence-corrected chi connectivity index (χ1v) is 5.53. The van der Waals surface area contributed by atoms with Crippen LogP contribution in [0, 0.1) is 0 Å². The van der Waals surface area contributed by atoms with Crippen LogP contribution in [0.4, 0.5) is 13.2 Å². The summed E-state index contributed by atoms with van der Waals surface area (Å²) in [6.45, 7) is 3.54. The van der Waals surface area contributed by atoms with Gasteiger partial charge < -0.3 is 10.1 Å². The van der Waals surface area contributed by atoms with E-state index in [0.717, 1.165) is 6.08 Å². The molecule has 0 unspecified atom stereocenters. The predicted octanol–water partition coefficient (Wildman–Crippen LogP) is 1.95. The van der Waals surface area contributed by atoms with Crippen molar-refractivity contribution < 1.29 is 27.5 Å². The van der Waals surface area contributed by atoms with Crippen LogP contribution in [0.3, 0.4) is 0 Å². The molecule has 0 saturated heterocycles. The van der Waals surface area contributed by atoms with Gasteiger partial charge in [-0.2, -0.15) is 13.2 Å². The van der Waals surface area contributed by atoms with Gasteiger partial charge in [-0.3, -0.25) is 4.79 Å². The SMILES string of the molecule is CCC[C@@H](/C=C/C(=O)OCC)NC(=O)C(F)(F)F. The van der Waals surface area contributed by atoms with Crippen LogP contribution in [0.2, 0.25) is 0 Å². The highest BCUT2D eigenvalue weighted by atomic mass is 19.4. The Morgan fingerprint density at radius 1 is 1.33 bits per heavy atom. The van der Waals surface area contributed by atoms with Crippen LogP contribution in [0.15, 0.2) is 12.2 Å². The van der Waals surface area contributed by atoms with Crippen LogP contribution in [-0.2, 0) is 14.3 Å². The van der Waals surface area contributed by atoms with E-state index in [9.17, 15) is 22.8 Å². The number of amides is 1. The van der Waals surface area contributed by atoms with Crippen molar-refractivity contribution >= 4 is 11.9 Å². The lowest BCUT2D eigenvalue weighted by Crippen LogP contribution is -2.42. The summed E-state index contributed by atoms with van der Waals surface area (Å²) in [7, 11) is 0. The van der Waals surface area contributed by atoms with E-state index in [1.165, 1.54) is 6.08 Å². The number of hydrogen-bond donors (Lipinski definition) is 1. The molecule has 4 nitrogen and oxygen atoms in total. The maximum Gasteiger partial charge on any atom is 0.471 e. The molecule has 0 rings (SSSR count). The standard InChI is InChI=1S/C11H16F3NO3/c1-3-5-8(6-7-9(16)18-4-2)15-10(17)11(12,13)14/h6-8H,3-5H2,1-2H3,(H,15,17)/b7-6+/t8-/m0/s1. The number of rotatable bonds is 6. The first-order chi connectivity index (χ1) is 8.31. The molecule has 0 aliphatic heterocycles. The number of hydrogen-bond acceptors (Lipinski definition) is 3. The van der Waals surface area contributed by atoms with Crippen molar-refractivity contribution in [1.29, 1.82) is 0 Å². The molecule has 0 aromatic heterocycles. The van der Waals surface area contributed by atoms with Gasteiger partial charge in [-0.15, -0.1) is 0 Å². The Bertz CT molecular complexity index is 313. The summed E-state index contributed by atoms with van der Waals surface area (Å²) in [5.41, 5.74) is 0. The average Bonchev–Trinajstić information content (AvgIpc) is 2.25. The number of halogens is 3. The van der Waals surface area contributed by atoms with Gasteiger partial charge in [0.15, 0.2) is 0 Å². The molecule has 0 saturated carbocycles. The molecule has 0 aromatic rings. The molecule has 0 spiro atoms. The summed E-state index contributed by atoms with van der Waals surface area (Å²) in [4.78, 5) is 21.7. The Morgan fingerprint density at radius 2 is 1.94 bits per heavy atom. The number of carbonyl (C=O) groups excluding carboxylic acids is 2. The predicted molar refractivity (Wildman–Crippen MR) is 58.7 cm³/mol. The zero-order chi connectivity index (χ0) is 14.2. The van der Waals surface area contributed by atoms with Crippen LogP contribution in [0.5, 0.6) is 0 Å². The average molecular weight is 267 g/mol. The van der Waals surface area contributed by atoms with E-state index < -0.39 is 24.1 Å². The van der Waals surface area contributed by atoms with Crippen molar-refractivity contribution in [1.82, 2.24) is 5.32 Å². The molecule has 1 atom stereocenters. The Hall–Kier alpha value is -1.53. The molecule has 0 aliphatic carbocycles. The number of esters is 1. The lowest BCUT2D eigenvalue weighted by atomic mass is 10.1. The van der Waals surface area contributed by atoms with E-state index in [1.807, 2.05) is 0 Å². The molecular formula is C11H16F3NO3. The van der Waals surface area contributed by atoms with Crippen molar-refractivity contribution in [3.05, 3.63) is 12.2 Å². The summed E-state index contributed by atoms with van der Waals surface area (Å²) in [6.07, 6.45) is -1.84. The quantitative estimate of drug-likeness (QED) is 0.591. The molecule has 0 bridgehead atoms. The Labute approximate surface area is 103 Å². The fraction of sp³-hybridized carbons (Fsp3) is 0.636. The fourth-order valence-electron chi connectivity index (χ4n) is 1.16. The third-order valence-corrected chi connectivity index (χ3v) is 1.92. The Balaban J connectivity index is 4.48. The van der Waals surface area contributed by atoms with Crippen LogP contribution in [0.25, 0.3) is 0 Å². The van der Waals surface area contributed by atoms with Crippen LogP contribution >= 0.6 is 0 Å². The second-order valence-corrected chi connectivity index (χ2v) is 3.48. The Morgan fingerprint density at radius 3 is 2.39 bits per heavy atom. The number of nitrogens with one attached hydrogen (secondary N) is 1. The molecule has 0 aliphatic rings. The number of ether oxygens (including phenoxy) is 1. The zero-order valence-electron chi connectivity index (χ0n) is 10.2. The normalized spacial score (nSPS) is 13.4. The minimum absolute atomic E-state index is 0.177. The third-order valence-electron chi connectivity index (χ3n) is 1.92. The van der Waals surface area contributed by atoms with Gasteiger partial charge in [0.25, 0.3) is 0 Å². The van der Waals surface area contributed by atoms with Crippen molar-refractivity contribution in [3.63, 3.8) is 0 Å². The monoisotopic (exact) mass is 267 g/mol. The molecule has 104 valence electrons. The van der Waals surface area contributed by atoms with E-state index in [1.54, 1.807) is 19.2 Å². The highest BCUT2D eigenvalue weighted by molar-refractivity contribution is 5.83. The zero-order valence-corrected chi connectivity index (χ0v) is 10.2. The maximum absolute atomic E-state index is 12.0. The van der Waals surface area contributed by atoms with Gasteiger partial charge in [0.05, 0.1) is 6.61 Å². The van der Waals surface area contributed by atoms with Gasteiger partial charge in [-0.1, -0.05) is 19.4 Å². The minimum Gasteiger partial charge on any atom is -0.463 e. The summed E-state index contributed by atoms with van der Waals surface area (Å²) < 4.78 is 40.7. The summed E-state index contributed by atoms with van der Waals surface area (Å²) in [6, 6.07) is -0.839. The van der Waals surface area contributed by atoms with Crippen LogP contribution in [-0.4, -0.2) is 30.7 Å². The molecule has 1 amide bonds. The van der Waals surface area contributed by atoms with Gasteiger partial charge in [-0.05, 0) is 13.3 Å². The van der Waals surface area contributed by atoms with Crippen molar-refractivity contribution in [2.75, 3.05) is 6.61 Å². The fourth-order valence-corrected chi connectivity index (χ4v) is 1.16. The van der Waals surface area contributed by atoms with Crippen molar-refractivity contribution in [3.8, 4) is 0 Å². The largest absolute Gasteiger partial charge is 0.471 e. The van der Waals surface area contributed by atoms with E-state index in [2.05, 4.69) is 4.74 Å². The summed E-state index contributed by atoms with van der Waals surface area (Å²) >= 11 is 0. The lowest BCUT2D eigenvalue weighted by molar-refractivity contribution is -0.174. The molecular weight excluding hydrogens is 251 g/mol. The van der Waals surface area contributed by atoms with Gasteiger partial charge in [0.2, 0.25) is 0 Å². The Kier molecular flexibility index (Phi) is 7.07. The molecule has 0 radical (unpaired) electrons. The smallest absolute Gasteiger partial charge is 0.463 e. The van der Waals surface area contributed by atoms with Gasteiger partial charge in [0, 0.05) is 12.1 Å². The third kappa shape index (κ3) is 6.93. The summed E-state index contributed by atoms with van der Waals surface area (Å²) in [5.74, 6) is -2.67. The topological polar surface area (TPSA) is 55.4 Å². The highest BCUT2D eigenvalue weighted by Crippen LogP contribution is 2.15. The van der Waals surface area contributed by atoms with E-state index >= 15 is 0 Å². The second-order valence-electron chi connectivity index (χ2n) is 3.48. The number of carbonyl (C=O) groups is 2. The highest BCUT2D eigenvalue weighted by Gasteiger charge is 2.39. The molecule has 0 heterocycles. The molecule has 0 aromatic carbocycles.